The molecular weight excluding hydrogens is 378 g/mol. The predicted molar refractivity (Wildman–Crippen MR) is 127 cm³/mol. The molecule has 6 aromatic rings. The molecule has 0 atom stereocenters. The van der Waals surface area contributed by atoms with Gasteiger partial charge >= 0.3 is 0 Å². The largest absolute Gasteiger partial charge is 0.246 e. The highest BCUT2D eigenvalue weighted by atomic mass is 15.2. The lowest BCUT2D eigenvalue weighted by Crippen LogP contribution is -1.93. The Bertz CT molecular complexity index is 1460. The van der Waals surface area contributed by atoms with Crippen LogP contribution in [0.4, 0.5) is 0 Å². The summed E-state index contributed by atoms with van der Waals surface area (Å²) in [7, 11) is 0. The van der Waals surface area contributed by atoms with Gasteiger partial charge in [0.05, 0.1) is 22.4 Å². The first-order chi connectivity index (χ1) is 15.3. The number of hydrogen-bond donors (Lipinski definition) is 0. The number of pyridine rings is 2. The lowest BCUT2D eigenvalue weighted by molar-refractivity contribution is 1.00. The number of aromatic nitrogens is 3. The second-order valence-electron chi connectivity index (χ2n) is 7.62. The maximum atomic E-state index is 5.00. The zero-order valence-electron chi connectivity index (χ0n) is 16.8. The van der Waals surface area contributed by atoms with Crippen LogP contribution in [0.2, 0.25) is 0 Å². The van der Waals surface area contributed by atoms with Crippen LogP contribution in [0.5, 0.6) is 0 Å². The third-order valence-corrected chi connectivity index (χ3v) is 5.60. The van der Waals surface area contributed by atoms with Crippen LogP contribution < -0.4 is 0 Å². The fourth-order valence-electron chi connectivity index (χ4n) is 4.04. The van der Waals surface area contributed by atoms with Gasteiger partial charge in [0, 0.05) is 10.9 Å². The molecule has 0 fully saturated rings. The quantitative estimate of drug-likeness (QED) is 0.326. The normalized spacial score (nSPS) is 11.2. The number of benzene rings is 3. The van der Waals surface area contributed by atoms with Gasteiger partial charge in [-0.1, -0.05) is 84.9 Å². The van der Waals surface area contributed by atoms with Gasteiger partial charge in [-0.3, -0.25) is 0 Å². The molecule has 0 unspecified atom stereocenters. The van der Waals surface area contributed by atoms with Crippen LogP contribution in [0.25, 0.3) is 50.2 Å². The van der Waals surface area contributed by atoms with Crippen LogP contribution in [0, 0.1) is 0 Å². The first kappa shape index (κ1) is 17.6. The topological polar surface area (TPSA) is 30.2 Å². The summed E-state index contributed by atoms with van der Waals surface area (Å²) in [5.41, 5.74) is 8.22. The summed E-state index contributed by atoms with van der Waals surface area (Å²) in [6, 6.07) is 39.7. The van der Waals surface area contributed by atoms with Crippen molar-refractivity contribution in [3.8, 4) is 33.8 Å². The van der Waals surface area contributed by atoms with Crippen molar-refractivity contribution >= 4 is 16.4 Å². The Balaban J connectivity index is 1.58. The molecule has 0 bridgehead atoms. The van der Waals surface area contributed by atoms with Gasteiger partial charge < -0.3 is 0 Å². The molecular formula is C28H19N3. The molecule has 6 rings (SSSR count). The van der Waals surface area contributed by atoms with Crippen LogP contribution in [0.3, 0.4) is 0 Å². The average molecular weight is 397 g/mol. The lowest BCUT2D eigenvalue weighted by Gasteiger charge is -2.09. The molecule has 0 amide bonds. The van der Waals surface area contributed by atoms with Crippen molar-refractivity contribution in [2.45, 2.75) is 0 Å². The fraction of sp³-hybridized carbons (Fsp3) is 0. The first-order valence-corrected chi connectivity index (χ1v) is 10.4. The first-order valence-electron chi connectivity index (χ1n) is 10.4. The van der Waals surface area contributed by atoms with Crippen LogP contribution in [0.15, 0.2) is 115 Å². The highest BCUT2D eigenvalue weighted by molar-refractivity contribution is 5.84. The third-order valence-electron chi connectivity index (χ3n) is 5.60. The highest BCUT2D eigenvalue weighted by Gasteiger charge is 2.12. The van der Waals surface area contributed by atoms with Crippen molar-refractivity contribution in [2.75, 3.05) is 0 Å². The molecule has 0 aliphatic rings. The summed E-state index contributed by atoms with van der Waals surface area (Å²) < 4.78 is 2.00. The minimum absolute atomic E-state index is 0.867. The summed E-state index contributed by atoms with van der Waals surface area (Å²) in [6.45, 7) is 0. The van der Waals surface area contributed by atoms with Gasteiger partial charge in [0.2, 0.25) is 0 Å². The van der Waals surface area contributed by atoms with E-state index >= 15 is 0 Å². The predicted octanol–water partition coefficient (Wildman–Crippen LogP) is 6.88. The molecule has 3 aromatic carbocycles. The van der Waals surface area contributed by atoms with E-state index in [1.165, 1.54) is 5.39 Å². The zero-order valence-corrected chi connectivity index (χ0v) is 16.8. The number of hydrogen-bond acceptors (Lipinski definition) is 2. The molecule has 3 heteroatoms. The van der Waals surface area contributed by atoms with E-state index in [2.05, 4.69) is 84.9 Å². The van der Waals surface area contributed by atoms with Crippen molar-refractivity contribution in [1.29, 1.82) is 0 Å². The van der Waals surface area contributed by atoms with E-state index in [0.717, 1.165) is 44.8 Å². The van der Waals surface area contributed by atoms with Crippen LogP contribution in [0.1, 0.15) is 0 Å². The molecule has 31 heavy (non-hydrogen) atoms. The molecule has 0 N–H and O–H groups in total. The molecule has 0 spiro atoms. The SMILES string of the molecule is c1ccc(-c2cc(-c3ccccc3)nc(-c3cc4ccc5ccccc5n4n3)c2)cc1. The van der Waals surface area contributed by atoms with E-state index < -0.39 is 0 Å². The Morgan fingerprint density at radius 2 is 1.16 bits per heavy atom. The van der Waals surface area contributed by atoms with Crippen molar-refractivity contribution in [2.24, 2.45) is 0 Å². The second kappa shape index (κ2) is 7.22. The number of rotatable bonds is 3. The summed E-state index contributed by atoms with van der Waals surface area (Å²) >= 11 is 0. The Morgan fingerprint density at radius 3 is 1.97 bits per heavy atom. The molecule has 0 saturated heterocycles. The second-order valence-corrected chi connectivity index (χ2v) is 7.62. The minimum atomic E-state index is 0.867. The molecule has 3 heterocycles. The molecule has 0 aliphatic heterocycles. The molecule has 0 aliphatic carbocycles. The monoisotopic (exact) mass is 397 g/mol. The summed E-state index contributed by atoms with van der Waals surface area (Å²) in [6.07, 6.45) is 0. The minimum Gasteiger partial charge on any atom is -0.246 e. The van der Waals surface area contributed by atoms with Gasteiger partial charge in [-0.2, -0.15) is 5.10 Å². The van der Waals surface area contributed by atoms with Gasteiger partial charge in [-0.05, 0) is 41.5 Å². The Morgan fingerprint density at radius 1 is 0.484 bits per heavy atom. The standard InChI is InChI=1S/C28H19N3/c1-3-9-20(10-4-1)23-17-25(21-11-5-2-6-12-21)29-26(18-23)27-19-24-16-15-22-13-7-8-14-28(22)31(24)30-27/h1-19H. The molecule has 0 saturated carbocycles. The van der Waals surface area contributed by atoms with Crippen molar-refractivity contribution in [3.63, 3.8) is 0 Å². The van der Waals surface area contributed by atoms with Gasteiger partial charge in [0.15, 0.2) is 0 Å². The summed E-state index contributed by atoms with van der Waals surface area (Å²) in [5, 5.41) is 6.10. The van der Waals surface area contributed by atoms with Crippen LogP contribution in [-0.2, 0) is 0 Å². The molecule has 146 valence electrons. The molecule has 3 nitrogen and oxygen atoms in total. The maximum absolute atomic E-state index is 5.00. The molecule has 3 aromatic heterocycles. The summed E-state index contributed by atoms with van der Waals surface area (Å²) in [4.78, 5) is 5.00. The van der Waals surface area contributed by atoms with E-state index in [4.69, 9.17) is 10.1 Å². The van der Waals surface area contributed by atoms with Crippen molar-refractivity contribution in [3.05, 3.63) is 115 Å². The fourth-order valence-corrected chi connectivity index (χ4v) is 4.04. The Kier molecular flexibility index (Phi) is 4.10. The van der Waals surface area contributed by atoms with Gasteiger partial charge in [0.25, 0.3) is 0 Å². The van der Waals surface area contributed by atoms with E-state index in [1.807, 2.05) is 34.8 Å². The van der Waals surface area contributed by atoms with Crippen molar-refractivity contribution in [1.82, 2.24) is 14.6 Å². The lowest BCUT2D eigenvalue weighted by atomic mass is 10.0. The van der Waals surface area contributed by atoms with Crippen LogP contribution >= 0.6 is 0 Å². The van der Waals surface area contributed by atoms with Gasteiger partial charge in [-0.15, -0.1) is 0 Å². The number of para-hydroxylation sites is 1. The average Bonchev–Trinajstić information content (AvgIpc) is 3.30. The van der Waals surface area contributed by atoms with Gasteiger partial charge in [0.1, 0.15) is 5.69 Å². The van der Waals surface area contributed by atoms with E-state index in [-0.39, 0.29) is 0 Å². The third kappa shape index (κ3) is 3.17. The zero-order chi connectivity index (χ0) is 20.6. The smallest absolute Gasteiger partial charge is 0.112 e. The summed E-state index contributed by atoms with van der Waals surface area (Å²) in [5.74, 6) is 0. The number of fused-ring (bicyclic) bond motifs is 3. The van der Waals surface area contributed by atoms with Gasteiger partial charge in [-0.25, -0.2) is 9.50 Å². The highest BCUT2D eigenvalue weighted by Crippen LogP contribution is 2.30. The molecule has 0 radical (unpaired) electrons. The van der Waals surface area contributed by atoms with Crippen LogP contribution in [-0.4, -0.2) is 14.6 Å². The van der Waals surface area contributed by atoms with E-state index in [0.29, 0.717) is 0 Å². The van der Waals surface area contributed by atoms with E-state index in [1.54, 1.807) is 0 Å². The Labute approximate surface area is 180 Å². The van der Waals surface area contributed by atoms with E-state index in [9.17, 15) is 0 Å². The Hall–Kier alpha value is -4.24. The maximum Gasteiger partial charge on any atom is 0.112 e. The number of nitrogens with zero attached hydrogens (tertiary/aromatic N) is 3. The van der Waals surface area contributed by atoms with Crippen molar-refractivity contribution < 1.29 is 0 Å².